The number of para-hydroxylation sites is 3. The molecule has 0 fully saturated rings. The first-order valence-electron chi connectivity index (χ1n) is 12.1. The molecule has 176 valence electrons. The van der Waals surface area contributed by atoms with Gasteiger partial charge in [-0.1, -0.05) is 55.0 Å². The molecule has 5 heteroatoms. The highest BCUT2D eigenvalue weighted by atomic mass is 16.5. The Hall–Kier alpha value is -3.60. The summed E-state index contributed by atoms with van der Waals surface area (Å²) in [6.07, 6.45) is 3.93. The molecule has 1 heterocycles. The maximum absolute atomic E-state index is 12.2. The van der Waals surface area contributed by atoms with Crippen LogP contribution in [0.4, 0.5) is 0 Å². The van der Waals surface area contributed by atoms with E-state index >= 15 is 0 Å². The maximum Gasteiger partial charge on any atom is 0.251 e. The molecule has 0 saturated heterocycles. The largest absolute Gasteiger partial charge is 0.491 e. The highest BCUT2D eigenvalue weighted by Gasteiger charge is 2.11. The lowest BCUT2D eigenvalue weighted by atomic mass is 10.1. The molecule has 3 aromatic carbocycles. The molecular weight excluding hydrogens is 422 g/mol. The number of unbranched alkanes of at least 4 members (excludes halogenated alkanes) is 2. The van der Waals surface area contributed by atoms with Gasteiger partial charge in [0, 0.05) is 18.5 Å². The molecule has 0 saturated carbocycles. The van der Waals surface area contributed by atoms with Gasteiger partial charge in [-0.2, -0.15) is 0 Å². The summed E-state index contributed by atoms with van der Waals surface area (Å²) in [6.45, 7) is 6.22. The van der Waals surface area contributed by atoms with Gasteiger partial charge in [-0.15, -0.1) is 0 Å². The van der Waals surface area contributed by atoms with E-state index in [4.69, 9.17) is 9.72 Å². The molecule has 0 radical (unpaired) electrons. The fraction of sp³-hybridized carbons (Fsp3) is 0.310. The second-order valence-corrected chi connectivity index (χ2v) is 8.67. The second kappa shape index (κ2) is 11.5. The number of ether oxygens (including phenoxy) is 1. The number of benzene rings is 3. The maximum atomic E-state index is 12.2. The number of aromatic nitrogens is 2. The zero-order valence-corrected chi connectivity index (χ0v) is 20.1. The monoisotopic (exact) mass is 455 g/mol. The topological polar surface area (TPSA) is 56.1 Å². The van der Waals surface area contributed by atoms with Gasteiger partial charge in [0.1, 0.15) is 18.2 Å². The summed E-state index contributed by atoms with van der Waals surface area (Å²) in [7, 11) is 0. The first-order chi connectivity index (χ1) is 16.6. The Balaban J connectivity index is 1.30. The van der Waals surface area contributed by atoms with Crippen molar-refractivity contribution in [2.24, 2.45) is 0 Å². The van der Waals surface area contributed by atoms with E-state index in [2.05, 4.69) is 60.1 Å². The first-order valence-corrected chi connectivity index (χ1v) is 12.1. The van der Waals surface area contributed by atoms with Crippen molar-refractivity contribution in [3.05, 3.63) is 95.3 Å². The highest BCUT2D eigenvalue weighted by Crippen LogP contribution is 2.23. The van der Waals surface area contributed by atoms with E-state index in [9.17, 15) is 4.79 Å². The van der Waals surface area contributed by atoms with Crippen molar-refractivity contribution in [1.82, 2.24) is 14.9 Å². The molecule has 0 aliphatic heterocycles. The van der Waals surface area contributed by atoms with Gasteiger partial charge in [-0.25, -0.2) is 4.98 Å². The Morgan fingerprint density at radius 1 is 0.882 bits per heavy atom. The standard InChI is InChI=1S/C29H33N3O2/c1-22-12-11-13-23(2)28(22)34-21-20-32-26-17-9-8-16-25(26)31-27(32)18-7-4-10-19-30-29(33)24-14-5-3-6-15-24/h3,5-6,8-9,11-17H,4,7,10,18-21H2,1-2H3,(H,30,33). The van der Waals surface area contributed by atoms with E-state index in [1.807, 2.05) is 36.4 Å². The Labute approximate surface area is 201 Å². The van der Waals surface area contributed by atoms with Crippen molar-refractivity contribution >= 4 is 16.9 Å². The van der Waals surface area contributed by atoms with Crippen LogP contribution in [0.5, 0.6) is 5.75 Å². The van der Waals surface area contributed by atoms with Gasteiger partial charge in [0.15, 0.2) is 0 Å². The van der Waals surface area contributed by atoms with Crippen LogP contribution in [0.25, 0.3) is 11.0 Å². The number of aryl methyl sites for hydroxylation is 3. The molecule has 0 spiro atoms. The molecule has 5 nitrogen and oxygen atoms in total. The van der Waals surface area contributed by atoms with Crippen molar-refractivity contribution in [1.29, 1.82) is 0 Å². The molecule has 1 N–H and O–H groups in total. The smallest absolute Gasteiger partial charge is 0.251 e. The summed E-state index contributed by atoms with van der Waals surface area (Å²) in [4.78, 5) is 17.0. The zero-order chi connectivity index (χ0) is 23.8. The molecule has 0 aliphatic rings. The van der Waals surface area contributed by atoms with Crippen LogP contribution in [0.15, 0.2) is 72.8 Å². The average molecular weight is 456 g/mol. The fourth-order valence-electron chi connectivity index (χ4n) is 4.31. The summed E-state index contributed by atoms with van der Waals surface area (Å²) in [5, 5.41) is 3.01. The lowest BCUT2D eigenvalue weighted by molar-refractivity contribution is 0.0953. The number of nitrogens with one attached hydrogen (secondary N) is 1. The van der Waals surface area contributed by atoms with Crippen LogP contribution in [-0.4, -0.2) is 28.6 Å². The van der Waals surface area contributed by atoms with Gasteiger partial charge in [0.25, 0.3) is 5.91 Å². The molecule has 0 unspecified atom stereocenters. The average Bonchev–Trinajstić information content (AvgIpc) is 3.21. The van der Waals surface area contributed by atoms with Crippen molar-refractivity contribution < 1.29 is 9.53 Å². The minimum absolute atomic E-state index is 0.00807. The number of hydrogen-bond donors (Lipinski definition) is 1. The Bertz CT molecular complexity index is 1210. The van der Waals surface area contributed by atoms with E-state index in [1.54, 1.807) is 0 Å². The van der Waals surface area contributed by atoms with Gasteiger partial charge >= 0.3 is 0 Å². The molecule has 4 aromatic rings. The third-order valence-corrected chi connectivity index (χ3v) is 6.10. The first kappa shape index (κ1) is 23.6. The molecular formula is C29H33N3O2. The van der Waals surface area contributed by atoms with E-state index in [-0.39, 0.29) is 5.91 Å². The van der Waals surface area contributed by atoms with Gasteiger partial charge in [-0.05, 0) is 62.1 Å². The number of hydrogen-bond acceptors (Lipinski definition) is 3. The summed E-state index contributed by atoms with van der Waals surface area (Å²) in [5.41, 5.74) is 5.21. The molecule has 4 rings (SSSR count). The van der Waals surface area contributed by atoms with Crippen LogP contribution in [0.2, 0.25) is 0 Å². The summed E-state index contributed by atoms with van der Waals surface area (Å²) >= 11 is 0. The highest BCUT2D eigenvalue weighted by molar-refractivity contribution is 5.94. The third-order valence-electron chi connectivity index (χ3n) is 6.10. The minimum atomic E-state index is -0.00807. The quantitative estimate of drug-likeness (QED) is 0.288. The van der Waals surface area contributed by atoms with Crippen LogP contribution in [0, 0.1) is 13.8 Å². The molecule has 0 atom stereocenters. The predicted octanol–water partition coefficient (Wildman–Crippen LogP) is 5.87. The normalized spacial score (nSPS) is 11.0. The third kappa shape index (κ3) is 5.84. The molecule has 34 heavy (non-hydrogen) atoms. The summed E-state index contributed by atoms with van der Waals surface area (Å²) < 4.78 is 8.46. The van der Waals surface area contributed by atoms with E-state index in [1.165, 1.54) is 0 Å². The number of rotatable bonds is 11. The number of carbonyl (C=O) groups excluding carboxylic acids is 1. The van der Waals surface area contributed by atoms with Gasteiger partial charge in [0.2, 0.25) is 0 Å². The second-order valence-electron chi connectivity index (χ2n) is 8.67. The van der Waals surface area contributed by atoms with Crippen molar-refractivity contribution in [3.8, 4) is 5.75 Å². The Kier molecular flexibility index (Phi) is 7.97. The molecule has 0 aliphatic carbocycles. The van der Waals surface area contributed by atoms with Crippen LogP contribution in [0.1, 0.15) is 46.6 Å². The predicted molar refractivity (Wildman–Crippen MR) is 137 cm³/mol. The van der Waals surface area contributed by atoms with Crippen LogP contribution in [0.3, 0.4) is 0 Å². The van der Waals surface area contributed by atoms with E-state index in [0.717, 1.165) is 66.0 Å². The van der Waals surface area contributed by atoms with Crippen molar-refractivity contribution in [3.63, 3.8) is 0 Å². The van der Waals surface area contributed by atoms with Gasteiger partial charge < -0.3 is 14.6 Å². The van der Waals surface area contributed by atoms with Crippen LogP contribution in [-0.2, 0) is 13.0 Å². The zero-order valence-electron chi connectivity index (χ0n) is 20.1. The number of fused-ring (bicyclic) bond motifs is 1. The number of carbonyl (C=O) groups is 1. The van der Waals surface area contributed by atoms with E-state index in [0.29, 0.717) is 18.7 Å². The number of imidazole rings is 1. The lowest BCUT2D eigenvalue weighted by Crippen LogP contribution is -2.24. The fourth-order valence-corrected chi connectivity index (χ4v) is 4.31. The minimum Gasteiger partial charge on any atom is -0.491 e. The molecule has 0 bridgehead atoms. The summed E-state index contributed by atoms with van der Waals surface area (Å²) in [6, 6.07) is 23.9. The number of nitrogens with zero attached hydrogens (tertiary/aromatic N) is 2. The molecule has 1 aromatic heterocycles. The van der Waals surface area contributed by atoms with Crippen LogP contribution >= 0.6 is 0 Å². The summed E-state index contributed by atoms with van der Waals surface area (Å²) in [5.74, 6) is 2.07. The lowest BCUT2D eigenvalue weighted by Gasteiger charge is -2.14. The Morgan fingerprint density at radius 2 is 1.62 bits per heavy atom. The number of amides is 1. The van der Waals surface area contributed by atoms with Gasteiger partial charge in [-0.3, -0.25) is 4.79 Å². The SMILES string of the molecule is Cc1cccc(C)c1OCCn1c(CCCCCNC(=O)c2ccccc2)nc2ccccc21. The van der Waals surface area contributed by atoms with Crippen molar-refractivity contribution in [2.45, 2.75) is 46.1 Å². The Morgan fingerprint density at radius 3 is 2.41 bits per heavy atom. The van der Waals surface area contributed by atoms with Crippen molar-refractivity contribution in [2.75, 3.05) is 13.2 Å². The molecule has 1 amide bonds. The van der Waals surface area contributed by atoms with E-state index < -0.39 is 0 Å². The van der Waals surface area contributed by atoms with Gasteiger partial charge in [0.05, 0.1) is 17.6 Å². The van der Waals surface area contributed by atoms with Crippen LogP contribution < -0.4 is 10.1 Å².